The highest BCUT2D eigenvalue weighted by Gasteiger charge is 2.29. The van der Waals surface area contributed by atoms with Crippen molar-refractivity contribution >= 4 is 17.6 Å². The van der Waals surface area contributed by atoms with Crippen LogP contribution in [0.25, 0.3) is 0 Å². The molecule has 3 aromatic rings. The minimum atomic E-state index is -0.507. The summed E-state index contributed by atoms with van der Waals surface area (Å²) >= 11 is 0. The molecule has 0 saturated carbocycles. The molecule has 6 nitrogen and oxygen atoms in total. The Bertz CT molecular complexity index is 1140. The number of hydrogen-bond acceptors (Lipinski definition) is 4. The van der Waals surface area contributed by atoms with Gasteiger partial charge < -0.3 is 5.32 Å². The number of nitrogens with one attached hydrogen (secondary N) is 1. The topological polar surface area (TPSA) is 75.2 Å². The summed E-state index contributed by atoms with van der Waals surface area (Å²) in [6, 6.07) is 10.4. The maximum absolute atomic E-state index is 14.2. The van der Waals surface area contributed by atoms with Gasteiger partial charge in [0.2, 0.25) is 0 Å². The Morgan fingerprint density at radius 1 is 1.19 bits per heavy atom. The van der Waals surface area contributed by atoms with Gasteiger partial charge in [-0.2, -0.15) is 0 Å². The monoisotopic (exact) mass is 418 g/mol. The predicted molar refractivity (Wildman–Crippen MR) is 116 cm³/mol. The minimum Gasteiger partial charge on any atom is -0.354 e. The first kappa shape index (κ1) is 20.7. The highest BCUT2D eigenvalue weighted by molar-refractivity contribution is 6.08. The second kappa shape index (κ2) is 8.63. The average Bonchev–Trinajstić information content (AvgIpc) is 2.80. The van der Waals surface area contributed by atoms with Crippen LogP contribution in [0.2, 0.25) is 0 Å². The van der Waals surface area contributed by atoms with Crippen LogP contribution in [0.4, 0.5) is 10.2 Å². The zero-order valence-electron chi connectivity index (χ0n) is 17.5. The Labute approximate surface area is 180 Å². The third-order valence-electron chi connectivity index (χ3n) is 5.56. The Morgan fingerprint density at radius 2 is 2.03 bits per heavy atom. The number of carbonyl (C=O) groups is 2. The van der Waals surface area contributed by atoms with E-state index in [1.54, 1.807) is 19.3 Å². The Morgan fingerprint density at radius 3 is 2.71 bits per heavy atom. The van der Waals surface area contributed by atoms with Gasteiger partial charge in [-0.3, -0.25) is 19.5 Å². The van der Waals surface area contributed by atoms with Crippen molar-refractivity contribution in [3.05, 3.63) is 88.1 Å². The molecule has 7 heteroatoms. The molecule has 0 bridgehead atoms. The number of pyridine rings is 2. The van der Waals surface area contributed by atoms with Gasteiger partial charge in [0.15, 0.2) is 11.6 Å². The smallest absolute Gasteiger partial charge is 0.269 e. The predicted octanol–water partition coefficient (Wildman–Crippen LogP) is 3.33. The standard InChI is InChI=1S/C24H23FN4O2/c1-3-16-12-17-8-10-29(22-20(25)5-4-9-27-22)24(31)19(17)13-18(16)11-15-6-7-21(28-14-15)23(30)26-2/h4-7,9,12-14H,3,8,10-11H2,1-2H3,(H,26,30). The van der Waals surface area contributed by atoms with E-state index in [-0.39, 0.29) is 17.6 Å². The van der Waals surface area contributed by atoms with Gasteiger partial charge >= 0.3 is 0 Å². The fourth-order valence-electron chi connectivity index (χ4n) is 3.91. The lowest BCUT2D eigenvalue weighted by Gasteiger charge is -2.29. The van der Waals surface area contributed by atoms with Crippen LogP contribution in [-0.4, -0.2) is 35.4 Å². The first-order valence-electron chi connectivity index (χ1n) is 10.3. The normalized spacial score (nSPS) is 13.1. The summed E-state index contributed by atoms with van der Waals surface area (Å²) in [5, 5.41) is 2.55. The number of anilines is 1. The Kier molecular flexibility index (Phi) is 5.75. The first-order valence-corrected chi connectivity index (χ1v) is 10.3. The molecule has 1 aromatic carbocycles. The summed E-state index contributed by atoms with van der Waals surface area (Å²) < 4.78 is 14.2. The lowest BCUT2D eigenvalue weighted by atomic mass is 9.89. The SMILES string of the molecule is CCc1cc2c(cc1Cc1ccc(C(=O)NC)nc1)C(=O)N(c1ncccc1F)CC2. The molecule has 0 radical (unpaired) electrons. The maximum atomic E-state index is 14.2. The highest BCUT2D eigenvalue weighted by atomic mass is 19.1. The molecule has 1 aliphatic rings. The van der Waals surface area contributed by atoms with E-state index in [2.05, 4.69) is 28.3 Å². The van der Waals surface area contributed by atoms with Crippen molar-refractivity contribution in [1.82, 2.24) is 15.3 Å². The molecule has 1 N–H and O–H groups in total. The molecule has 0 spiro atoms. The van der Waals surface area contributed by atoms with Gasteiger partial charge in [0.25, 0.3) is 11.8 Å². The highest BCUT2D eigenvalue weighted by Crippen LogP contribution is 2.28. The number of aryl methyl sites for hydroxylation is 1. The molecule has 0 unspecified atom stereocenters. The molecule has 2 amide bonds. The van der Waals surface area contributed by atoms with Gasteiger partial charge in [-0.05, 0) is 65.8 Å². The number of nitrogens with zero attached hydrogens (tertiary/aromatic N) is 3. The minimum absolute atomic E-state index is 0.0632. The van der Waals surface area contributed by atoms with E-state index in [1.165, 1.54) is 28.8 Å². The molecule has 31 heavy (non-hydrogen) atoms. The van der Waals surface area contributed by atoms with Gasteiger partial charge in [0, 0.05) is 31.5 Å². The summed E-state index contributed by atoms with van der Waals surface area (Å²) in [6.45, 7) is 2.48. The lowest BCUT2D eigenvalue weighted by Crippen LogP contribution is -2.39. The van der Waals surface area contributed by atoms with Crippen LogP contribution in [-0.2, 0) is 19.3 Å². The largest absolute Gasteiger partial charge is 0.354 e. The van der Waals surface area contributed by atoms with Crippen molar-refractivity contribution in [2.45, 2.75) is 26.2 Å². The molecule has 3 heterocycles. The maximum Gasteiger partial charge on any atom is 0.269 e. The number of benzene rings is 1. The number of fused-ring (bicyclic) bond motifs is 1. The fourth-order valence-corrected chi connectivity index (χ4v) is 3.91. The lowest BCUT2D eigenvalue weighted by molar-refractivity contribution is 0.0955. The number of hydrogen-bond donors (Lipinski definition) is 1. The molecule has 0 atom stereocenters. The summed E-state index contributed by atoms with van der Waals surface area (Å²) in [4.78, 5) is 34.6. The molecular weight excluding hydrogens is 395 g/mol. The van der Waals surface area contributed by atoms with Crippen molar-refractivity contribution < 1.29 is 14.0 Å². The molecular formula is C24H23FN4O2. The molecule has 158 valence electrons. The zero-order chi connectivity index (χ0) is 22.0. The van der Waals surface area contributed by atoms with Crippen molar-refractivity contribution in [2.75, 3.05) is 18.5 Å². The van der Waals surface area contributed by atoms with Crippen LogP contribution in [0.3, 0.4) is 0 Å². The van der Waals surface area contributed by atoms with Crippen LogP contribution < -0.4 is 10.2 Å². The summed E-state index contributed by atoms with van der Waals surface area (Å²) in [5.41, 5.74) is 5.05. The van der Waals surface area contributed by atoms with Gasteiger partial charge in [-0.25, -0.2) is 9.37 Å². The summed E-state index contributed by atoms with van der Waals surface area (Å²) in [6.07, 6.45) is 5.23. The quantitative estimate of drug-likeness (QED) is 0.690. The van der Waals surface area contributed by atoms with Crippen molar-refractivity contribution in [3.8, 4) is 0 Å². The third-order valence-corrected chi connectivity index (χ3v) is 5.56. The molecule has 0 saturated heterocycles. The number of carbonyl (C=O) groups excluding carboxylic acids is 2. The average molecular weight is 418 g/mol. The zero-order valence-corrected chi connectivity index (χ0v) is 17.5. The Balaban J connectivity index is 1.66. The van der Waals surface area contributed by atoms with Crippen LogP contribution in [0.15, 0.2) is 48.8 Å². The summed E-state index contributed by atoms with van der Waals surface area (Å²) in [5.74, 6) is -0.918. The molecule has 0 fully saturated rings. The van der Waals surface area contributed by atoms with E-state index in [1.807, 2.05) is 12.1 Å². The van der Waals surface area contributed by atoms with Crippen LogP contribution >= 0.6 is 0 Å². The third kappa shape index (κ3) is 4.03. The van der Waals surface area contributed by atoms with Crippen LogP contribution in [0.5, 0.6) is 0 Å². The van der Waals surface area contributed by atoms with Gasteiger partial charge in [-0.15, -0.1) is 0 Å². The first-order chi connectivity index (χ1) is 15.0. The van der Waals surface area contributed by atoms with Crippen molar-refractivity contribution in [3.63, 3.8) is 0 Å². The second-order valence-electron chi connectivity index (χ2n) is 7.45. The van der Waals surface area contributed by atoms with Gasteiger partial charge in [0.05, 0.1) is 0 Å². The molecule has 2 aromatic heterocycles. The van der Waals surface area contributed by atoms with Crippen molar-refractivity contribution in [1.29, 1.82) is 0 Å². The van der Waals surface area contributed by atoms with E-state index < -0.39 is 5.82 Å². The molecule has 4 rings (SSSR count). The van der Waals surface area contributed by atoms with E-state index in [4.69, 9.17) is 0 Å². The van der Waals surface area contributed by atoms with Crippen LogP contribution in [0.1, 0.15) is 50.0 Å². The number of aromatic nitrogens is 2. The summed E-state index contributed by atoms with van der Waals surface area (Å²) in [7, 11) is 1.57. The van der Waals surface area contributed by atoms with E-state index in [9.17, 15) is 14.0 Å². The van der Waals surface area contributed by atoms with Gasteiger partial charge in [0.1, 0.15) is 5.69 Å². The second-order valence-corrected chi connectivity index (χ2v) is 7.45. The van der Waals surface area contributed by atoms with Crippen molar-refractivity contribution in [2.24, 2.45) is 0 Å². The number of rotatable bonds is 5. The van der Waals surface area contributed by atoms with Crippen LogP contribution in [0, 0.1) is 5.82 Å². The molecule has 1 aliphatic heterocycles. The Hall–Kier alpha value is -3.61. The fraction of sp³-hybridized carbons (Fsp3) is 0.250. The molecule has 0 aliphatic carbocycles. The van der Waals surface area contributed by atoms with Gasteiger partial charge in [-0.1, -0.05) is 19.1 Å². The van der Waals surface area contributed by atoms with E-state index in [0.29, 0.717) is 30.6 Å². The number of amides is 2. The van der Waals surface area contributed by atoms with E-state index >= 15 is 0 Å². The van der Waals surface area contributed by atoms with E-state index in [0.717, 1.165) is 23.1 Å². The number of halogens is 1.